The summed E-state index contributed by atoms with van der Waals surface area (Å²) >= 11 is 6.34. The minimum Gasteiger partial charge on any atom is -0.458 e. The molecule has 2 aliphatic heterocycles. The average molecular weight is 355 g/mol. The Morgan fingerprint density at radius 3 is 2.27 bits per heavy atom. The van der Waals surface area contributed by atoms with E-state index in [0.29, 0.717) is 5.02 Å². The smallest absolute Gasteiger partial charge is 0.261 e. The first-order valence-electron chi connectivity index (χ1n) is 8.59. The van der Waals surface area contributed by atoms with Crippen LogP contribution in [-0.4, -0.2) is 6.71 Å². The molecule has 0 radical (unpaired) electrons. The van der Waals surface area contributed by atoms with Crippen molar-refractivity contribution in [3.63, 3.8) is 0 Å². The van der Waals surface area contributed by atoms with Gasteiger partial charge in [-0.25, -0.2) is 0 Å². The van der Waals surface area contributed by atoms with E-state index in [1.807, 2.05) is 36.4 Å². The van der Waals surface area contributed by atoms with Crippen LogP contribution in [0, 0.1) is 0 Å². The summed E-state index contributed by atoms with van der Waals surface area (Å²) < 4.78 is 12.4. The van der Waals surface area contributed by atoms with Crippen LogP contribution in [0.15, 0.2) is 72.8 Å². The molecule has 26 heavy (non-hydrogen) atoms. The van der Waals surface area contributed by atoms with Gasteiger partial charge in [0.15, 0.2) is 0 Å². The highest BCUT2D eigenvalue weighted by atomic mass is 35.5. The zero-order valence-electron chi connectivity index (χ0n) is 13.7. The Labute approximate surface area is 156 Å². The molecule has 4 aromatic rings. The van der Waals surface area contributed by atoms with E-state index in [1.165, 1.54) is 16.2 Å². The molecule has 2 nitrogen and oxygen atoms in total. The minimum atomic E-state index is 0.0403. The Balaban J connectivity index is 1.76. The summed E-state index contributed by atoms with van der Waals surface area (Å²) in [5.41, 5.74) is 3.33. The summed E-state index contributed by atoms with van der Waals surface area (Å²) in [6.07, 6.45) is 0. The lowest BCUT2D eigenvalue weighted by Crippen LogP contribution is -2.57. The largest absolute Gasteiger partial charge is 0.458 e. The van der Waals surface area contributed by atoms with Crippen LogP contribution in [0.4, 0.5) is 0 Å². The van der Waals surface area contributed by atoms with Gasteiger partial charge in [-0.1, -0.05) is 48.0 Å². The second-order valence-electron chi connectivity index (χ2n) is 6.69. The molecule has 0 atom stereocenters. The van der Waals surface area contributed by atoms with Crippen LogP contribution in [0.5, 0.6) is 23.0 Å². The van der Waals surface area contributed by atoms with Crippen LogP contribution >= 0.6 is 11.6 Å². The molecule has 4 aromatic carbocycles. The summed E-state index contributed by atoms with van der Waals surface area (Å²) in [6, 6.07) is 24.4. The van der Waals surface area contributed by atoms with Gasteiger partial charge in [-0.15, -0.1) is 0 Å². The van der Waals surface area contributed by atoms with Gasteiger partial charge in [0, 0.05) is 10.5 Å². The number of rotatable bonds is 0. The molecule has 0 saturated carbocycles. The molecule has 2 heterocycles. The van der Waals surface area contributed by atoms with Gasteiger partial charge >= 0.3 is 0 Å². The summed E-state index contributed by atoms with van der Waals surface area (Å²) in [7, 11) is 0. The molecule has 0 spiro atoms. The van der Waals surface area contributed by atoms with Crippen molar-refractivity contribution in [3.8, 4) is 23.0 Å². The predicted octanol–water partition coefficient (Wildman–Crippen LogP) is 4.22. The van der Waals surface area contributed by atoms with Crippen LogP contribution in [0.2, 0.25) is 5.02 Å². The Hall–Kier alpha value is -2.91. The summed E-state index contributed by atoms with van der Waals surface area (Å²) in [5, 5.41) is 3.11. The maximum Gasteiger partial charge on any atom is 0.261 e. The van der Waals surface area contributed by atoms with Gasteiger partial charge in [-0.2, -0.15) is 0 Å². The molecule has 122 valence electrons. The van der Waals surface area contributed by atoms with E-state index in [1.54, 1.807) is 0 Å². The number of ether oxygens (including phenoxy) is 2. The Morgan fingerprint density at radius 1 is 0.654 bits per heavy atom. The van der Waals surface area contributed by atoms with Crippen LogP contribution in [0.3, 0.4) is 0 Å². The molecule has 0 saturated heterocycles. The highest BCUT2D eigenvalue weighted by Crippen LogP contribution is 2.36. The molecule has 0 unspecified atom stereocenters. The monoisotopic (exact) mass is 354 g/mol. The quantitative estimate of drug-likeness (QED) is 0.380. The van der Waals surface area contributed by atoms with Crippen LogP contribution in [-0.2, 0) is 0 Å². The first-order chi connectivity index (χ1) is 12.8. The maximum absolute atomic E-state index is 6.34. The van der Waals surface area contributed by atoms with E-state index < -0.39 is 0 Å². The number of hydrogen-bond donors (Lipinski definition) is 0. The van der Waals surface area contributed by atoms with Crippen molar-refractivity contribution in [1.82, 2.24) is 0 Å². The fourth-order valence-electron chi connectivity index (χ4n) is 4.18. The number of hydrogen-bond acceptors (Lipinski definition) is 2. The Bertz CT molecular complexity index is 1200. The third kappa shape index (κ3) is 1.84. The van der Waals surface area contributed by atoms with Crippen molar-refractivity contribution in [1.29, 1.82) is 0 Å². The van der Waals surface area contributed by atoms with Gasteiger partial charge in [0.05, 0.1) is 0 Å². The first-order valence-corrected chi connectivity index (χ1v) is 8.97. The van der Waals surface area contributed by atoms with Gasteiger partial charge < -0.3 is 9.47 Å². The molecule has 0 amide bonds. The highest BCUT2D eigenvalue weighted by molar-refractivity contribution is 6.99. The molecule has 0 bridgehead atoms. The Kier molecular flexibility index (Phi) is 2.78. The average Bonchev–Trinajstić information content (AvgIpc) is 2.68. The molecule has 6 rings (SSSR count). The van der Waals surface area contributed by atoms with Crippen molar-refractivity contribution in [2.75, 3.05) is 0 Å². The highest BCUT2D eigenvalue weighted by Gasteiger charge is 2.40. The lowest BCUT2D eigenvalue weighted by molar-refractivity contribution is 0.465. The van der Waals surface area contributed by atoms with Crippen molar-refractivity contribution in [3.05, 3.63) is 77.8 Å². The third-order valence-corrected chi connectivity index (χ3v) is 5.49. The fourth-order valence-corrected chi connectivity index (χ4v) is 4.36. The SMILES string of the molecule is Clc1ccc2c(c1)B1c3c(cccc3Oc3ccc4ccccc4c31)O2. The van der Waals surface area contributed by atoms with E-state index >= 15 is 0 Å². The van der Waals surface area contributed by atoms with E-state index in [0.717, 1.165) is 33.9 Å². The topological polar surface area (TPSA) is 18.5 Å². The molecule has 2 aliphatic rings. The molecule has 0 aliphatic carbocycles. The molecule has 4 heteroatoms. The molecular weight excluding hydrogens is 343 g/mol. The number of benzene rings is 4. The lowest BCUT2D eigenvalue weighted by atomic mass is 9.34. The van der Waals surface area contributed by atoms with Gasteiger partial charge in [-0.3, -0.25) is 0 Å². The van der Waals surface area contributed by atoms with E-state index in [-0.39, 0.29) is 6.71 Å². The zero-order valence-corrected chi connectivity index (χ0v) is 14.5. The van der Waals surface area contributed by atoms with Crippen molar-refractivity contribution < 1.29 is 9.47 Å². The lowest BCUT2D eigenvalue weighted by Gasteiger charge is -2.33. The third-order valence-electron chi connectivity index (χ3n) is 5.26. The van der Waals surface area contributed by atoms with Crippen LogP contribution in [0.1, 0.15) is 0 Å². The minimum absolute atomic E-state index is 0.0403. The maximum atomic E-state index is 6.34. The van der Waals surface area contributed by atoms with E-state index in [9.17, 15) is 0 Å². The summed E-state index contributed by atoms with van der Waals surface area (Å²) in [5.74, 6) is 3.44. The molecule has 0 aromatic heterocycles. The fraction of sp³-hybridized carbons (Fsp3) is 0. The summed E-state index contributed by atoms with van der Waals surface area (Å²) in [4.78, 5) is 0. The van der Waals surface area contributed by atoms with Crippen molar-refractivity contribution in [2.45, 2.75) is 0 Å². The van der Waals surface area contributed by atoms with E-state index in [2.05, 4.69) is 36.4 Å². The second kappa shape index (κ2) is 5.06. The van der Waals surface area contributed by atoms with Crippen molar-refractivity contribution in [2.24, 2.45) is 0 Å². The number of halogens is 1. The normalized spacial score (nSPS) is 13.3. The molecule has 0 N–H and O–H groups in total. The predicted molar refractivity (Wildman–Crippen MR) is 107 cm³/mol. The van der Waals surface area contributed by atoms with Gasteiger partial charge in [0.1, 0.15) is 23.0 Å². The van der Waals surface area contributed by atoms with Crippen molar-refractivity contribution >= 4 is 45.5 Å². The molecular formula is C22H12BClO2. The van der Waals surface area contributed by atoms with Gasteiger partial charge in [-0.05, 0) is 58.1 Å². The van der Waals surface area contributed by atoms with Gasteiger partial charge in [0.25, 0.3) is 6.71 Å². The standard InChI is InChI=1S/C22H12BClO2/c24-14-9-11-17-16(12-14)23-21-15-5-2-1-4-13(15)8-10-20(21)26-19-7-3-6-18(25-17)22(19)23/h1-12H. The second-order valence-corrected chi connectivity index (χ2v) is 7.12. The number of fused-ring (bicyclic) bond motifs is 6. The Morgan fingerprint density at radius 2 is 1.38 bits per heavy atom. The van der Waals surface area contributed by atoms with E-state index in [4.69, 9.17) is 21.1 Å². The molecule has 0 fully saturated rings. The van der Waals surface area contributed by atoms with Gasteiger partial charge in [0.2, 0.25) is 0 Å². The van der Waals surface area contributed by atoms with Crippen LogP contribution < -0.4 is 25.9 Å². The first kappa shape index (κ1) is 14.3. The summed E-state index contributed by atoms with van der Waals surface area (Å²) in [6.45, 7) is 0.0403. The zero-order chi connectivity index (χ0) is 17.3. The van der Waals surface area contributed by atoms with Crippen LogP contribution in [0.25, 0.3) is 10.8 Å².